The summed E-state index contributed by atoms with van der Waals surface area (Å²) in [5.74, 6) is -0.464. The van der Waals surface area contributed by atoms with Crippen LogP contribution in [0.5, 0.6) is 0 Å². The van der Waals surface area contributed by atoms with Crippen LogP contribution in [0, 0.1) is 6.92 Å². The molecule has 1 heterocycles. The molecule has 6 nitrogen and oxygen atoms in total. The SMILES string of the molecule is CC(=O)c1ccc(NC(=O)/C(C)=C\C(=O)Nc2ccc(C)cn2)cc1. The van der Waals surface area contributed by atoms with Crippen molar-refractivity contribution in [1.29, 1.82) is 0 Å². The topological polar surface area (TPSA) is 88.2 Å². The van der Waals surface area contributed by atoms with Gasteiger partial charge in [0.2, 0.25) is 5.91 Å². The lowest BCUT2D eigenvalue weighted by atomic mass is 10.1. The fourth-order valence-corrected chi connectivity index (χ4v) is 1.98. The molecule has 0 aliphatic rings. The van der Waals surface area contributed by atoms with Crippen LogP contribution in [0.2, 0.25) is 0 Å². The molecule has 0 radical (unpaired) electrons. The first-order valence-corrected chi connectivity index (χ1v) is 7.69. The number of pyridine rings is 1. The van der Waals surface area contributed by atoms with Crippen LogP contribution in [0.4, 0.5) is 11.5 Å². The number of benzene rings is 1. The summed E-state index contributed by atoms with van der Waals surface area (Å²) in [5.41, 5.74) is 2.35. The van der Waals surface area contributed by atoms with Gasteiger partial charge in [0.05, 0.1) is 0 Å². The highest BCUT2D eigenvalue weighted by Crippen LogP contribution is 2.11. The van der Waals surface area contributed by atoms with E-state index in [0.717, 1.165) is 5.56 Å². The van der Waals surface area contributed by atoms with Crippen LogP contribution >= 0.6 is 0 Å². The van der Waals surface area contributed by atoms with Gasteiger partial charge in [0.25, 0.3) is 5.91 Å². The smallest absolute Gasteiger partial charge is 0.251 e. The highest BCUT2D eigenvalue weighted by Gasteiger charge is 2.08. The van der Waals surface area contributed by atoms with E-state index in [2.05, 4.69) is 15.6 Å². The monoisotopic (exact) mass is 337 g/mol. The third kappa shape index (κ3) is 5.39. The minimum Gasteiger partial charge on any atom is -0.322 e. The number of rotatable bonds is 5. The van der Waals surface area contributed by atoms with Crippen LogP contribution in [-0.4, -0.2) is 22.6 Å². The largest absolute Gasteiger partial charge is 0.322 e. The third-order valence-corrected chi connectivity index (χ3v) is 3.42. The number of Topliss-reactive ketones (excluding diaryl/α,β-unsaturated/α-hetero) is 1. The quantitative estimate of drug-likeness (QED) is 0.648. The molecule has 2 aromatic rings. The molecule has 0 fully saturated rings. The number of aryl methyl sites for hydroxylation is 1. The molecule has 0 unspecified atom stereocenters. The van der Waals surface area contributed by atoms with Gasteiger partial charge in [0.1, 0.15) is 5.82 Å². The van der Waals surface area contributed by atoms with Crippen molar-refractivity contribution in [3.63, 3.8) is 0 Å². The van der Waals surface area contributed by atoms with Crippen molar-refractivity contribution in [2.45, 2.75) is 20.8 Å². The Bertz CT molecular complexity index is 822. The molecule has 2 N–H and O–H groups in total. The number of amides is 2. The van der Waals surface area contributed by atoms with Crippen molar-refractivity contribution in [2.24, 2.45) is 0 Å². The standard InChI is InChI=1S/C19H19N3O3/c1-12-4-9-17(20-11-12)22-18(24)10-13(2)19(25)21-16-7-5-15(6-8-16)14(3)23/h4-11H,1-3H3,(H,21,25)(H,20,22,24)/b13-10-. The molecule has 1 aromatic carbocycles. The molecule has 2 rings (SSSR count). The Balaban J connectivity index is 1.97. The number of hydrogen-bond donors (Lipinski definition) is 2. The number of ketones is 1. The van der Waals surface area contributed by atoms with Gasteiger partial charge in [0, 0.05) is 29.1 Å². The van der Waals surface area contributed by atoms with Gasteiger partial charge in [-0.25, -0.2) is 4.98 Å². The fourth-order valence-electron chi connectivity index (χ4n) is 1.98. The van der Waals surface area contributed by atoms with Gasteiger partial charge in [-0.15, -0.1) is 0 Å². The summed E-state index contributed by atoms with van der Waals surface area (Å²) in [6.07, 6.45) is 2.85. The third-order valence-electron chi connectivity index (χ3n) is 3.42. The molecule has 25 heavy (non-hydrogen) atoms. The molecular weight excluding hydrogens is 318 g/mol. The lowest BCUT2D eigenvalue weighted by Gasteiger charge is -2.06. The fraction of sp³-hybridized carbons (Fsp3) is 0.158. The van der Waals surface area contributed by atoms with E-state index in [1.807, 2.05) is 13.0 Å². The summed E-state index contributed by atoms with van der Waals surface area (Å²) in [6.45, 7) is 4.92. The van der Waals surface area contributed by atoms with E-state index >= 15 is 0 Å². The second kappa shape index (κ2) is 8.01. The van der Waals surface area contributed by atoms with Crippen LogP contribution in [0.3, 0.4) is 0 Å². The van der Waals surface area contributed by atoms with E-state index in [0.29, 0.717) is 17.1 Å². The predicted octanol–water partition coefficient (Wildman–Crippen LogP) is 3.12. The Hall–Kier alpha value is -3.28. The van der Waals surface area contributed by atoms with Gasteiger partial charge in [-0.05, 0) is 56.7 Å². The normalized spacial score (nSPS) is 10.9. The van der Waals surface area contributed by atoms with Crippen molar-refractivity contribution in [3.05, 3.63) is 65.4 Å². The first-order chi connectivity index (χ1) is 11.8. The van der Waals surface area contributed by atoms with Crippen LogP contribution in [-0.2, 0) is 9.59 Å². The van der Waals surface area contributed by atoms with Crippen molar-refractivity contribution in [1.82, 2.24) is 4.98 Å². The molecule has 0 spiro atoms. The number of aromatic nitrogens is 1. The Labute approximate surface area is 146 Å². The van der Waals surface area contributed by atoms with Crippen LogP contribution < -0.4 is 10.6 Å². The second-order valence-corrected chi connectivity index (χ2v) is 5.63. The van der Waals surface area contributed by atoms with Crippen molar-refractivity contribution >= 4 is 29.1 Å². The zero-order valence-corrected chi connectivity index (χ0v) is 14.3. The average Bonchev–Trinajstić information content (AvgIpc) is 2.57. The molecule has 1 aromatic heterocycles. The summed E-state index contributed by atoms with van der Waals surface area (Å²) in [6, 6.07) is 10.1. The van der Waals surface area contributed by atoms with Gasteiger partial charge in [-0.2, -0.15) is 0 Å². The van der Waals surface area contributed by atoms with Crippen molar-refractivity contribution in [3.8, 4) is 0 Å². The lowest BCUT2D eigenvalue weighted by Crippen LogP contribution is -2.16. The Morgan fingerprint density at radius 2 is 1.64 bits per heavy atom. The van der Waals surface area contributed by atoms with Gasteiger partial charge < -0.3 is 10.6 Å². The van der Waals surface area contributed by atoms with E-state index in [-0.39, 0.29) is 11.4 Å². The molecule has 128 valence electrons. The second-order valence-electron chi connectivity index (χ2n) is 5.63. The molecule has 0 saturated heterocycles. The maximum absolute atomic E-state index is 12.1. The Kier molecular flexibility index (Phi) is 5.79. The van der Waals surface area contributed by atoms with Gasteiger partial charge >= 0.3 is 0 Å². The first kappa shape index (κ1) is 18.1. The van der Waals surface area contributed by atoms with Crippen molar-refractivity contribution in [2.75, 3.05) is 10.6 Å². The minimum atomic E-state index is -0.434. The molecule has 0 saturated carbocycles. The summed E-state index contributed by atoms with van der Waals surface area (Å²) in [7, 11) is 0. The maximum atomic E-state index is 12.1. The van der Waals surface area contributed by atoms with Crippen LogP contribution in [0.1, 0.15) is 29.8 Å². The Morgan fingerprint density at radius 3 is 2.20 bits per heavy atom. The minimum absolute atomic E-state index is 0.0460. The number of nitrogens with one attached hydrogen (secondary N) is 2. The van der Waals surface area contributed by atoms with Gasteiger partial charge in [-0.1, -0.05) is 6.07 Å². The van der Waals surface area contributed by atoms with Crippen LogP contribution in [0.25, 0.3) is 0 Å². The van der Waals surface area contributed by atoms with E-state index in [1.165, 1.54) is 13.0 Å². The average molecular weight is 337 g/mol. The zero-order valence-electron chi connectivity index (χ0n) is 14.3. The molecular formula is C19H19N3O3. The summed E-state index contributed by atoms with van der Waals surface area (Å²) < 4.78 is 0. The lowest BCUT2D eigenvalue weighted by molar-refractivity contribution is -0.114. The summed E-state index contributed by atoms with van der Waals surface area (Å²) in [5, 5.41) is 5.27. The molecule has 0 aliphatic heterocycles. The zero-order chi connectivity index (χ0) is 18.4. The van der Waals surface area contributed by atoms with Crippen LogP contribution in [0.15, 0.2) is 54.2 Å². The number of carbonyl (C=O) groups excluding carboxylic acids is 3. The van der Waals surface area contributed by atoms with Crippen molar-refractivity contribution < 1.29 is 14.4 Å². The molecule has 0 aliphatic carbocycles. The number of nitrogens with zero attached hydrogens (tertiary/aromatic N) is 1. The number of hydrogen-bond acceptors (Lipinski definition) is 4. The first-order valence-electron chi connectivity index (χ1n) is 7.69. The summed E-state index contributed by atoms with van der Waals surface area (Å²) >= 11 is 0. The molecule has 2 amide bonds. The molecule has 6 heteroatoms. The highest BCUT2D eigenvalue weighted by atomic mass is 16.2. The van der Waals surface area contributed by atoms with E-state index < -0.39 is 11.8 Å². The Morgan fingerprint density at radius 1 is 0.960 bits per heavy atom. The molecule has 0 atom stereocenters. The highest BCUT2D eigenvalue weighted by molar-refractivity contribution is 6.09. The predicted molar refractivity (Wildman–Crippen MR) is 96.4 cm³/mol. The summed E-state index contributed by atoms with van der Waals surface area (Å²) in [4.78, 5) is 39.4. The number of carbonyl (C=O) groups is 3. The van der Waals surface area contributed by atoms with E-state index in [9.17, 15) is 14.4 Å². The van der Waals surface area contributed by atoms with E-state index in [1.54, 1.807) is 43.5 Å². The van der Waals surface area contributed by atoms with E-state index in [4.69, 9.17) is 0 Å². The maximum Gasteiger partial charge on any atom is 0.251 e. The van der Waals surface area contributed by atoms with Gasteiger partial charge in [0.15, 0.2) is 5.78 Å². The molecule has 0 bridgehead atoms. The van der Waals surface area contributed by atoms with Gasteiger partial charge in [-0.3, -0.25) is 14.4 Å². The number of anilines is 2.